The molecule has 5 nitrogen and oxygen atoms in total. The molecule has 2 aromatic rings. The lowest BCUT2D eigenvalue weighted by Crippen LogP contribution is -2.29. The number of rotatable bonds is 7. The molecule has 0 radical (unpaired) electrons. The number of halogens is 3. The number of alkyl halides is 3. The first-order valence-corrected chi connectivity index (χ1v) is 9.38. The molecule has 0 saturated heterocycles. The Kier molecular flexibility index (Phi) is 6.38. The van der Waals surface area contributed by atoms with E-state index in [9.17, 15) is 21.6 Å². The van der Waals surface area contributed by atoms with Gasteiger partial charge in [0.25, 0.3) is 0 Å². The summed E-state index contributed by atoms with van der Waals surface area (Å²) in [7, 11) is 0.511. The van der Waals surface area contributed by atoms with Crippen LogP contribution in [-0.4, -0.2) is 40.5 Å². The lowest BCUT2D eigenvalue weighted by Gasteiger charge is -2.18. The summed E-state index contributed by atoms with van der Waals surface area (Å²) in [6, 6.07) is 8.70. The summed E-state index contributed by atoms with van der Waals surface area (Å²) in [4.78, 5) is -0.190. The number of nitrogens with zero attached hydrogens (tertiary/aromatic N) is 1. The second kappa shape index (κ2) is 8.18. The first-order valence-electron chi connectivity index (χ1n) is 7.94. The van der Waals surface area contributed by atoms with E-state index in [-0.39, 0.29) is 11.4 Å². The maximum Gasteiger partial charge on any atom is 0.416 e. The molecule has 0 fully saturated rings. The van der Waals surface area contributed by atoms with E-state index in [0.717, 1.165) is 34.1 Å². The fraction of sp³-hybridized carbons (Fsp3) is 0.333. The zero-order valence-electron chi connectivity index (χ0n) is 15.1. The smallest absolute Gasteiger partial charge is 0.416 e. The Balaban J connectivity index is 2.11. The van der Waals surface area contributed by atoms with Gasteiger partial charge in [-0.1, -0.05) is 6.07 Å². The first-order chi connectivity index (χ1) is 12.6. The van der Waals surface area contributed by atoms with Crippen LogP contribution in [0.15, 0.2) is 47.4 Å². The van der Waals surface area contributed by atoms with Crippen LogP contribution in [0.1, 0.15) is 11.1 Å². The van der Waals surface area contributed by atoms with Crippen molar-refractivity contribution in [1.29, 1.82) is 0 Å². The van der Waals surface area contributed by atoms with Gasteiger partial charge in [0, 0.05) is 13.6 Å². The first kappa shape index (κ1) is 21.0. The summed E-state index contributed by atoms with van der Waals surface area (Å²) in [6.45, 7) is 0.152. The average molecular weight is 403 g/mol. The van der Waals surface area contributed by atoms with Crippen molar-refractivity contribution >= 4 is 10.0 Å². The van der Waals surface area contributed by atoms with Gasteiger partial charge in [0.2, 0.25) is 10.0 Å². The van der Waals surface area contributed by atoms with E-state index in [1.807, 2.05) is 0 Å². The molecule has 0 atom stereocenters. The maximum atomic E-state index is 12.6. The number of likely N-dealkylation sites (N-methyl/N-ethyl adjacent to an activating group) is 1. The number of methoxy groups -OCH3 is 2. The minimum Gasteiger partial charge on any atom is -0.493 e. The van der Waals surface area contributed by atoms with Crippen molar-refractivity contribution in [2.45, 2.75) is 17.5 Å². The average Bonchev–Trinajstić information content (AvgIpc) is 2.65. The largest absolute Gasteiger partial charge is 0.493 e. The predicted octanol–water partition coefficient (Wildman–Crippen LogP) is 3.59. The Morgan fingerprint density at radius 3 is 2.07 bits per heavy atom. The quantitative estimate of drug-likeness (QED) is 0.709. The van der Waals surface area contributed by atoms with Crippen LogP contribution >= 0.6 is 0 Å². The number of benzene rings is 2. The Labute approximate surface area is 156 Å². The maximum absolute atomic E-state index is 12.6. The summed E-state index contributed by atoms with van der Waals surface area (Å²) in [5, 5.41) is 0. The van der Waals surface area contributed by atoms with Gasteiger partial charge in [0.1, 0.15) is 0 Å². The van der Waals surface area contributed by atoms with Crippen LogP contribution in [0.2, 0.25) is 0 Å². The van der Waals surface area contributed by atoms with Gasteiger partial charge >= 0.3 is 6.18 Å². The summed E-state index contributed by atoms with van der Waals surface area (Å²) in [5.41, 5.74) is -0.0587. The highest BCUT2D eigenvalue weighted by Gasteiger charge is 2.31. The lowest BCUT2D eigenvalue weighted by molar-refractivity contribution is -0.137. The highest BCUT2D eigenvalue weighted by Crippen LogP contribution is 2.30. The summed E-state index contributed by atoms with van der Waals surface area (Å²) >= 11 is 0. The third-order valence-electron chi connectivity index (χ3n) is 4.05. The summed E-state index contributed by atoms with van der Waals surface area (Å²) < 4.78 is 74.4. The topological polar surface area (TPSA) is 55.8 Å². The molecule has 0 aliphatic heterocycles. The zero-order valence-corrected chi connectivity index (χ0v) is 15.9. The van der Waals surface area contributed by atoms with Crippen LogP contribution in [0, 0.1) is 0 Å². The third kappa shape index (κ3) is 4.92. The molecule has 0 saturated carbocycles. The van der Waals surface area contributed by atoms with Gasteiger partial charge < -0.3 is 9.47 Å². The van der Waals surface area contributed by atoms with Crippen molar-refractivity contribution in [2.24, 2.45) is 0 Å². The van der Waals surface area contributed by atoms with E-state index in [1.54, 1.807) is 18.2 Å². The van der Waals surface area contributed by atoms with E-state index in [4.69, 9.17) is 9.47 Å². The Hall–Kier alpha value is -2.26. The van der Waals surface area contributed by atoms with Crippen molar-refractivity contribution in [3.05, 3.63) is 53.6 Å². The normalized spacial score (nSPS) is 12.3. The second-order valence-corrected chi connectivity index (χ2v) is 7.83. The summed E-state index contributed by atoms with van der Waals surface area (Å²) in [5.74, 6) is 1.09. The standard InChI is InChI=1S/C18H20F3NO4S/c1-22(11-10-13-4-9-16(25-2)17(12-13)26-3)27(23,24)15-7-5-14(6-8-15)18(19,20)21/h4-9,12H,10-11H2,1-3H3. The van der Waals surface area contributed by atoms with Gasteiger partial charge in [-0.3, -0.25) is 0 Å². The minimum absolute atomic E-state index is 0.152. The fourth-order valence-electron chi connectivity index (χ4n) is 2.44. The van der Waals surface area contributed by atoms with E-state index in [1.165, 1.54) is 21.3 Å². The van der Waals surface area contributed by atoms with Gasteiger partial charge in [-0.25, -0.2) is 12.7 Å². The van der Waals surface area contributed by atoms with Crippen LogP contribution in [0.25, 0.3) is 0 Å². The number of ether oxygens (including phenoxy) is 2. The van der Waals surface area contributed by atoms with Gasteiger partial charge in [-0.2, -0.15) is 13.2 Å². The molecular formula is C18H20F3NO4S. The Morgan fingerprint density at radius 1 is 0.963 bits per heavy atom. The molecule has 2 aromatic carbocycles. The second-order valence-electron chi connectivity index (χ2n) is 5.79. The van der Waals surface area contributed by atoms with E-state index in [0.29, 0.717) is 17.9 Å². The molecule has 0 aromatic heterocycles. The highest BCUT2D eigenvalue weighted by atomic mass is 32.2. The van der Waals surface area contributed by atoms with Gasteiger partial charge in [-0.15, -0.1) is 0 Å². The van der Waals surface area contributed by atoms with Crippen molar-refractivity contribution in [2.75, 3.05) is 27.8 Å². The molecule has 0 aliphatic carbocycles. The monoisotopic (exact) mass is 403 g/mol. The molecule has 9 heteroatoms. The number of hydrogen-bond donors (Lipinski definition) is 0. The molecular weight excluding hydrogens is 383 g/mol. The van der Waals surface area contributed by atoms with Crippen molar-refractivity contribution in [3.8, 4) is 11.5 Å². The zero-order chi connectivity index (χ0) is 20.2. The summed E-state index contributed by atoms with van der Waals surface area (Å²) in [6.07, 6.45) is -4.11. The van der Waals surface area contributed by atoms with Gasteiger partial charge in [-0.05, 0) is 48.4 Å². The third-order valence-corrected chi connectivity index (χ3v) is 5.92. The molecule has 0 N–H and O–H groups in total. The highest BCUT2D eigenvalue weighted by molar-refractivity contribution is 7.89. The molecule has 0 amide bonds. The van der Waals surface area contributed by atoms with Crippen LogP contribution in [0.5, 0.6) is 11.5 Å². The SMILES string of the molecule is COc1ccc(CCN(C)S(=O)(=O)c2ccc(C(F)(F)F)cc2)cc1OC. The van der Waals surface area contributed by atoms with E-state index < -0.39 is 21.8 Å². The van der Waals surface area contributed by atoms with Crippen molar-refractivity contribution in [3.63, 3.8) is 0 Å². The van der Waals surface area contributed by atoms with Crippen LogP contribution in [0.4, 0.5) is 13.2 Å². The molecule has 148 valence electrons. The van der Waals surface area contributed by atoms with Gasteiger partial charge in [0.05, 0.1) is 24.7 Å². The Morgan fingerprint density at radius 2 is 1.56 bits per heavy atom. The molecule has 27 heavy (non-hydrogen) atoms. The van der Waals surface area contributed by atoms with Crippen LogP contribution in [0.3, 0.4) is 0 Å². The van der Waals surface area contributed by atoms with Crippen LogP contribution < -0.4 is 9.47 Å². The van der Waals surface area contributed by atoms with Crippen molar-refractivity contribution < 1.29 is 31.1 Å². The molecule has 0 bridgehead atoms. The molecule has 2 rings (SSSR count). The molecule has 0 spiro atoms. The molecule has 0 heterocycles. The number of sulfonamides is 1. The van der Waals surface area contributed by atoms with E-state index >= 15 is 0 Å². The number of hydrogen-bond acceptors (Lipinski definition) is 4. The lowest BCUT2D eigenvalue weighted by atomic mass is 10.1. The van der Waals surface area contributed by atoms with Crippen LogP contribution in [-0.2, 0) is 22.6 Å². The van der Waals surface area contributed by atoms with Gasteiger partial charge in [0.15, 0.2) is 11.5 Å². The fourth-order valence-corrected chi connectivity index (χ4v) is 3.61. The molecule has 0 aliphatic rings. The Bertz CT molecular complexity index is 880. The molecule has 0 unspecified atom stereocenters. The minimum atomic E-state index is -4.51. The van der Waals surface area contributed by atoms with E-state index in [2.05, 4.69) is 0 Å². The predicted molar refractivity (Wildman–Crippen MR) is 94.5 cm³/mol. The van der Waals surface area contributed by atoms with Crippen molar-refractivity contribution in [1.82, 2.24) is 4.31 Å².